The molecule has 0 saturated heterocycles. The summed E-state index contributed by atoms with van der Waals surface area (Å²) in [5.74, 6) is 1.90. The number of hydrogen-bond donors (Lipinski definition) is 0. The average Bonchev–Trinajstić information content (AvgIpc) is 3.60. The Labute approximate surface area is 189 Å². The Hall–Kier alpha value is -3.54. The predicted octanol–water partition coefficient (Wildman–Crippen LogP) is 4.83. The summed E-state index contributed by atoms with van der Waals surface area (Å²) in [6.07, 6.45) is 7.83. The van der Waals surface area contributed by atoms with Crippen LogP contribution in [0.1, 0.15) is 25.3 Å². The number of hydrogen-bond acceptors (Lipinski definition) is 4. The number of nitrogens with zero attached hydrogens (tertiary/aromatic N) is 3. The summed E-state index contributed by atoms with van der Waals surface area (Å²) >= 11 is 0. The highest BCUT2D eigenvalue weighted by Gasteiger charge is 2.31. The van der Waals surface area contributed by atoms with E-state index in [0.717, 1.165) is 22.5 Å². The number of rotatable bonds is 8. The van der Waals surface area contributed by atoms with Gasteiger partial charge in [0, 0.05) is 36.5 Å². The van der Waals surface area contributed by atoms with Gasteiger partial charge in [-0.25, -0.2) is 4.68 Å². The average molecular weight is 432 g/mol. The Balaban J connectivity index is 1.70. The maximum atomic E-state index is 12.8. The Morgan fingerprint density at radius 1 is 1.12 bits per heavy atom. The van der Waals surface area contributed by atoms with Gasteiger partial charge >= 0.3 is 0 Å². The third-order valence-corrected chi connectivity index (χ3v) is 6.09. The van der Waals surface area contributed by atoms with Crippen LogP contribution in [-0.2, 0) is 4.79 Å². The zero-order valence-corrected chi connectivity index (χ0v) is 19.0. The smallest absolute Gasteiger partial charge is 0.246 e. The normalized spacial score (nSPS) is 14.4. The Kier molecular flexibility index (Phi) is 6.30. The van der Waals surface area contributed by atoms with Crippen LogP contribution in [0, 0.1) is 5.92 Å². The number of benzene rings is 2. The van der Waals surface area contributed by atoms with E-state index in [1.165, 1.54) is 12.8 Å². The lowest BCUT2D eigenvalue weighted by Crippen LogP contribution is -2.35. The van der Waals surface area contributed by atoms with Crippen molar-refractivity contribution < 1.29 is 14.3 Å². The first-order valence-corrected chi connectivity index (χ1v) is 10.8. The van der Waals surface area contributed by atoms with Crippen LogP contribution in [0.15, 0.2) is 60.8 Å². The van der Waals surface area contributed by atoms with Crippen molar-refractivity contribution in [2.45, 2.75) is 25.8 Å². The molecule has 0 radical (unpaired) electrons. The molecule has 1 aliphatic rings. The number of carbonyl (C=O) groups is 1. The first kappa shape index (κ1) is 21.7. The summed E-state index contributed by atoms with van der Waals surface area (Å²) in [5.41, 5.74) is 3.43. The summed E-state index contributed by atoms with van der Waals surface area (Å²) in [4.78, 5) is 14.6. The molecule has 1 saturated carbocycles. The lowest BCUT2D eigenvalue weighted by Gasteiger charge is -2.23. The fourth-order valence-corrected chi connectivity index (χ4v) is 3.80. The van der Waals surface area contributed by atoms with E-state index in [4.69, 9.17) is 14.6 Å². The van der Waals surface area contributed by atoms with Crippen LogP contribution < -0.4 is 9.47 Å². The van der Waals surface area contributed by atoms with Gasteiger partial charge in [0.05, 0.1) is 19.9 Å². The fourth-order valence-electron chi connectivity index (χ4n) is 3.80. The van der Waals surface area contributed by atoms with Gasteiger partial charge in [0.15, 0.2) is 11.5 Å². The number of methoxy groups -OCH3 is 2. The van der Waals surface area contributed by atoms with Gasteiger partial charge in [0.2, 0.25) is 5.91 Å². The second-order valence-electron chi connectivity index (χ2n) is 8.14. The Morgan fingerprint density at radius 2 is 1.84 bits per heavy atom. The highest BCUT2D eigenvalue weighted by Crippen LogP contribution is 2.35. The van der Waals surface area contributed by atoms with Crippen LogP contribution in [0.5, 0.6) is 11.5 Å². The molecule has 1 fully saturated rings. The molecular formula is C26H29N3O3. The van der Waals surface area contributed by atoms with Gasteiger partial charge in [-0.15, -0.1) is 0 Å². The first-order valence-electron chi connectivity index (χ1n) is 10.8. The summed E-state index contributed by atoms with van der Waals surface area (Å²) in [6.45, 7) is 2.12. The van der Waals surface area contributed by atoms with E-state index in [1.807, 2.05) is 77.4 Å². The summed E-state index contributed by atoms with van der Waals surface area (Å²) in [7, 11) is 5.10. The molecule has 32 heavy (non-hydrogen) atoms. The minimum atomic E-state index is -0.00452. The molecule has 1 aromatic heterocycles. The lowest BCUT2D eigenvalue weighted by atomic mass is 10.1. The van der Waals surface area contributed by atoms with E-state index < -0.39 is 0 Å². The molecule has 1 amide bonds. The van der Waals surface area contributed by atoms with Gasteiger partial charge in [-0.2, -0.15) is 5.10 Å². The molecule has 1 atom stereocenters. The van der Waals surface area contributed by atoms with E-state index in [-0.39, 0.29) is 11.9 Å². The van der Waals surface area contributed by atoms with E-state index in [2.05, 4.69) is 6.92 Å². The largest absolute Gasteiger partial charge is 0.493 e. The number of para-hydroxylation sites is 1. The number of ether oxygens (including phenoxy) is 2. The van der Waals surface area contributed by atoms with E-state index in [1.54, 1.807) is 20.3 Å². The molecule has 0 aliphatic heterocycles. The van der Waals surface area contributed by atoms with Crippen molar-refractivity contribution in [3.8, 4) is 28.4 Å². The van der Waals surface area contributed by atoms with Gasteiger partial charge in [-0.1, -0.05) is 18.2 Å². The minimum Gasteiger partial charge on any atom is -0.493 e. The van der Waals surface area contributed by atoms with E-state index in [9.17, 15) is 4.79 Å². The molecule has 6 heteroatoms. The highest BCUT2D eigenvalue weighted by atomic mass is 16.5. The van der Waals surface area contributed by atoms with Gasteiger partial charge in [-0.3, -0.25) is 4.79 Å². The molecule has 0 bridgehead atoms. The van der Waals surface area contributed by atoms with Crippen molar-refractivity contribution in [3.05, 3.63) is 66.4 Å². The summed E-state index contributed by atoms with van der Waals surface area (Å²) in [6, 6.07) is 15.9. The van der Waals surface area contributed by atoms with Crippen molar-refractivity contribution in [1.82, 2.24) is 14.7 Å². The van der Waals surface area contributed by atoms with Crippen molar-refractivity contribution in [2.24, 2.45) is 5.92 Å². The third kappa shape index (κ3) is 4.54. The molecule has 0 spiro atoms. The minimum absolute atomic E-state index is 0.00452. The molecule has 0 unspecified atom stereocenters. The fraction of sp³-hybridized carbons (Fsp3) is 0.308. The second kappa shape index (κ2) is 9.30. The molecule has 2 aromatic carbocycles. The molecule has 4 rings (SSSR count). The summed E-state index contributed by atoms with van der Waals surface area (Å²) < 4.78 is 12.7. The maximum Gasteiger partial charge on any atom is 0.246 e. The van der Waals surface area contributed by atoms with E-state index in [0.29, 0.717) is 17.4 Å². The van der Waals surface area contributed by atoms with Crippen molar-refractivity contribution in [1.29, 1.82) is 0 Å². The Morgan fingerprint density at radius 3 is 2.50 bits per heavy atom. The van der Waals surface area contributed by atoms with Crippen LogP contribution in [0.2, 0.25) is 0 Å². The first-order chi connectivity index (χ1) is 15.5. The zero-order valence-electron chi connectivity index (χ0n) is 19.0. The summed E-state index contributed by atoms with van der Waals surface area (Å²) in [5, 5.41) is 4.82. The third-order valence-electron chi connectivity index (χ3n) is 6.09. The quantitative estimate of drug-likeness (QED) is 0.480. The topological polar surface area (TPSA) is 56.6 Å². The molecule has 1 aliphatic carbocycles. The van der Waals surface area contributed by atoms with Crippen LogP contribution in [0.25, 0.3) is 23.0 Å². The zero-order chi connectivity index (χ0) is 22.7. The second-order valence-corrected chi connectivity index (χ2v) is 8.14. The molecule has 6 nitrogen and oxygen atoms in total. The molecular weight excluding hydrogens is 402 g/mol. The van der Waals surface area contributed by atoms with Crippen LogP contribution in [0.3, 0.4) is 0 Å². The van der Waals surface area contributed by atoms with Gasteiger partial charge in [0.25, 0.3) is 0 Å². The van der Waals surface area contributed by atoms with Crippen molar-refractivity contribution >= 4 is 12.0 Å². The van der Waals surface area contributed by atoms with Crippen molar-refractivity contribution in [3.63, 3.8) is 0 Å². The number of likely N-dealkylation sites (N-methyl/N-ethyl adjacent to an activating group) is 1. The van der Waals surface area contributed by atoms with E-state index >= 15 is 0 Å². The molecule has 1 heterocycles. The van der Waals surface area contributed by atoms with Crippen LogP contribution in [0.4, 0.5) is 0 Å². The monoisotopic (exact) mass is 431 g/mol. The molecule has 166 valence electrons. The van der Waals surface area contributed by atoms with Gasteiger partial charge < -0.3 is 14.4 Å². The maximum absolute atomic E-state index is 12.8. The number of amides is 1. The number of aromatic nitrogens is 2. The van der Waals surface area contributed by atoms with Crippen molar-refractivity contribution in [2.75, 3.05) is 21.3 Å². The lowest BCUT2D eigenvalue weighted by molar-refractivity contribution is -0.126. The number of carbonyl (C=O) groups excluding carboxylic acids is 1. The Bertz CT molecular complexity index is 1120. The van der Waals surface area contributed by atoms with Gasteiger partial charge in [0.1, 0.15) is 5.69 Å². The van der Waals surface area contributed by atoms with Crippen LogP contribution in [-0.4, -0.2) is 47.9 Å². The van der Waals surface area contributed by atoms with Crippen LogP contribution >= 0.6 is 0 Å². The predicted molar refractivity (Wildman–Crippen MR) is 126 cm³/mol. The van der Waals surface area contributed by atoms with Gasteiger partial charge in [-0.05, 0) is 62.1 Å². The molecule has 0 N–H and O–H groups in total. The standard InChI is InChI=1S/C26H29N3O3/c1-18(19-10-11-19)28(2)25(30)15-13-21-17-29(22-8-6-5-7-9-22)27-26(21)20-12-14-23(31-3)24(16-20)32-4/h5-9,12-19H,10-11H2,1-4H3/b15-13+/t18-/m0/s1. The molecule has 3 aromatic rings. The SMILES string of the molecule is COc1ccc(-c2nn(-c3ccccc3)cc2/C=C/C(=O)N(C)[C@@H](C)C2CC2)cc1OC. The highest BCUT2D eigenvalue weighted by molar-refractivity contribution is 5.93.